The number of rotatable bonds is 60. The summed E-state index contributed by atoms with van der Waals surface area (Å²) < 4.78 is 34.5. The molecule has 0 aliphatic rings. The number of esters is 2. The molecule has 73 heavy (non-hydrogen) atoms. The fourth-order valence-corrected chi connectivity index (χ4v) is 10.3. The summed E-state index contributed by atoms with van der Waals surface area (Å²) in [6.45, 7) is 4.46. The van der Waals surface area contributed by atoms with Crippen LogP contribution in [0.2, 0.25) is 0 Å². The van der Waals surface area contributed by atoms with Gasteiger partial charge in [-0.25, -0.2) is 4.57 Å². The highest BCUT2D eigenvalue weighted by molar-refractivity contribution is 7.47. The molecule has 1 N–H and O–H groups in total. The molecule has 434 valence electrons. The zero-order valence-corrected chi connectivity index (χ0v) is 50.3. The second-order valence-corrected chi connectivity index (χ2v) is 24.6. The number of carbonyl (C=O) groups excluding carboxylic acids is 2. The summed E-state index contributed by atoms with van der Waals surface area (Å²) in [5, 5.41) is 0. The number of unbranched alkanes of at least 4 members (excludes halogenated alkanes) is 44. The van der Waals surface area contributed by atoms with Crippen molar-refractivity contribution in [2.24, 2.45) is 0 Å². The van der Waals surface area contributed by atoms with Crippen LogP contribution < -0.4 is 0 Å². The number of allylic oxidation sites excluding steroid dienone is 2. The predicted molar refractivity (Wildman–Crippen MR) is 312 cm³/mol. The lowest BCUT2D eigenvalue weighted by molar-refractivity contribution is -0.870. The fraction of sp³-hybridized carbons (Fsp3) is 0.937. The average molecular weight is 1060 g/mol. The summed E-state index contributed by atoms with van der Waals surface area (Å²) in [5.41, 5.74) is 0. The molecule has 0 aromatic rings. The highest BCUT2D eigenvalue weighted by Gasteiger charge is 2.27. The Morgan fingerprint density at radius 3 is 1.01 bits per heavy atom. The summed E-state index contributed by atoms with van der Waals surface area (Å²) in [7, 11) is 1.50. The maximum absolute atomic E-state index is 12.8. The number of likely N-dealkylation sites (N-methyl/N-ethyl adjacent to an activating group) is 1. The van der Waals surface area contributed by atoms with E-state index in [1.807, 2.05) is 21.1 Å². The molecule has 9 nitrogen and oxygen atoms in total. The largest absolute Gasteiger partial charge is 0.472 e. The van der Waals surface area contributed by atoms with E-state index in [1.165, 1.54) is 263 Å². The Kier molecular flexibility index (Phi) is 54.6. The number of hydrogen-bond acceptors (Lipinski definition) is 7. The van der Waals surface area contributed by atoms with Gasteiger partial charge in [-0.1, -0.05) is 289 Å². The molecule has 2 atom stereocenters. The lowest BCUT2D eigenvalue weighted by Gasteiger charge is -2.24. The number of phosphoric ester groups is 1. The Morgan fingerprint density at radius 2 is 0.699 bits per heavy atom. The standard InChI is InChI=1S/C63H124NO8P/c1-6-8-10-12-14-16-18-19-20-21-22-23-24-25-26-27-28-29-30-31-32-33-34-35-36-37-38-39-40-41-42-43-44-45-46-48-50-52-54-56-63(66)72-61(60-71-73(67,68)70-58-57-64(3,4)5)59-69-62(65)55-53-51-49-47-17-15-13-11-9-7-2/h21-22,61H,6-20,23-60H2,1-5H3/p+1/b22-21-. The predicted octanol–water partition coefficient (Wildman–Crippen LogP) is 20.0. The van der Waals surface area contributed by atoms with Gasteiger partial charge in [-0.2, -0.15) is 0 Å². The van der Waals surface area contributed by atoms with Gasteiger partial charge in [-0.05, 0) is 38.5 Å². The van der Waals surface area contributed by atoms with Crippen LogP contribution in [0.15, 0.2) is 12.2 Å². The van der Waals surface area contributed by atoms with Gasteiger partial charge < -0.3 is 18.9 Å². The average Bonchev–Trinajstić information content (AvgIpc) is 3.35. The van der Waals surface area contributed by atoms with Crippen LogP contribution in [0.5, 0.6) is 0 Å². The van der Waals surface area contributed by atoms with Gasteiger partial charge in [0.15, 0.2) is 6.10 Å². The van der Waals surface area contributed by atoms with E-state index < -0.39 is 26.5 Å². The Hall–Kier alpha value is -1.25. The number of phosphoric acid groups is 1. The van der Waals surface area contributed by atoms with E-state index in [1.54, 1.807) is 0 Å². The number of hydrogen-bond donors (Lipinski definition) is 1. The second-order valence-electron chi connectivity index (χ2n) is 23.2. The lowest BCUT2D eigenvalue weighted by Crippen LogP contribution is -2.37. The topological polar surface area (TPSA) is 108 Å². The highest BCUT2D eigenvalue weighted by Crippen LogP contribution is 2.43. The van der Waals surface area contributed by atoms with Crippen LogP contribution in [0.3, 0.4) is 0 Å². The molecule has 10 heteroatoms. The van der Waals surface area contributed by atoms with Crippen LogP contribution in [-0.2, 0) is 32.7 Å². The molecule has 0 rings (SSSR count). The number of quaternary nitrogens is 1. The molecule has 0 radical (unpaired) electrons. The van der Waals surface area contributed by atoms with Crippen molar-refractivity contribution < 1.29 is 42.1 Å². The van der Waals surface area contributed by atoms with E-state index in [0.717, 1.165) is 38.5 Å². The van der Waals surface area contributed by atoms with Crippen molar-refractivity contribution in [2.45, 2.75) is 335 Å². The van der Waals surface area contributed by atoms with Crippen molar-refractivity contribution >= 4 is 19.8 Å². The minimum atomic E-state index is -4.37. The van der Waals surface area contributed by atoms with Crippen molar-refractivity contribution in [1.82, 2.24) is 0 Å². The molecule has 0 spiro atoms. The molecule has 0 amide bonds. The molecule has 0 aliphatic carbocycles. The Bertz CT molecular complexity index is 1240. The lowest BCUT2D eigenvalue weighted by atomic mass is 10.0. The van der Waals surface area contributed by atoms with Crippen LogP contribution in [0, 0.1) is 0 Å². The van der Waals surface area contributed by atoms with Crippen LogP contribution in [0.4, 0.5) is 0 Å². The molecule has 0 aromatic carbocycles. The Labute approximate surface area is 454 Å². The van der Waals surface area contributed by atoms with Gasteiger partial charge >= 0.3 is 19.8 Å². The first-order valence-corrected chi connectivity index (χ1v) is 33.4. The van der Waals surface area contributed by atoms with Crippen LogP contribution in [0.25, 0.3) is 0 Å². The zero-order valence-electron chi connectivity index (χ0n) is 49.4. The zero-order chi connectivity index (χ0) is 53.5. The molecule has 0 aromatic heterocycles. The molecule has 2 unspecified atom stereocenters. The van der Waals surface area contributed by atoms with Crippen molar-refractivity contribution in [1.29, 1.82) is 0 Å². The quantitative estimate of drug-likeness (QED) is 0.0211. The smallest absolute Gasteiger partial charge is 0.462 e. The third kappa shape index (κ3) is 59.8. The maximum atomic E-state index is 12.8. The first kappa shape index (κ1) is 71.8. The van der Waals surface area contributed by atoms with Crippen LogP contribution in [0.1, 0.15) is 328 Å². The van der Waals surface area contributed by atoms with Gasteiger partial charge in [0.05, 0.1) is 27.7 Å². The van der Waals surface area contributed by atoms with E-state index >= 15 is 0 Å². The maximum Gasteiger partial charge on any atom is 0.472 e. The normalized spacial score (nSPS) is 13.2. The highest BCUT2D eigenvalue weighted by atomic mass is 31.2. The summed E-state index contributed by atoms with van der Waals surface area (Å²) in [4.78, 5) is 35.5. The molecule has 0 saturated carbocycles. The Balaban J connectivity index is 3.79. The van der Waals surface area contributed by atoms with Crippen molar-refractivity contribution in [3.05, 3.63) is 12.2 Å². The minimum Gasteiger partial charge on any atom is -0.462 e. The van der Waals surface area contributed by atoms with Crippen LogP contribution in [-0.4, -0.2) is 74.9 Å². The van der Waals surface area contributed by atoms with Gasteiger partial charge in [-0.15, -0.1) is 0 Å². The molecule has 0 heterocycles. The van der Waals surface area contributed by atoms with Crippen molar-refractivity contribution in [2.75, 3.05) is 47.5 Å². The van der Waals surface area contributed by atoms with E-state index in [2.05, 4.69) is 26.0 Å². The third-order valence-corrected chi connectivity index (χ3v) is 15.5. The van der Waals surface area contributed by atoms with Gasteiger partial charge in [0.2, 0.25) is 0 Å². The SMILES string of the molecule is CCCCCCCCCC/C=C\CCCCCCCCCCCCCCCCCCCCCCCCCCCCCC(=O)OC(COC(=O)CCCCCCCCCCCC)COP(=O)(O)OCC[N+](C)(C)C. The first-order valence-electron chi connectivity index (χ1n) is 31.9. The summed E-state index contributed by atoms with van der Waals surface area (Å²) in [6, 6.07) is 0. The summed E-state index contributed by atoms with van der Waals surface area (Å²) in [5.74, 6) is -0.781. The molecule has 0 saturated heterocycles. The minimum absolute atomic E-state index is 0.0364. The molecular formula is C63H125NO8P+. The van der Waals surface area contributed by atoms with Crippen molar-refractivity contribution in [3.63, 3.8) is 0 Å². The second kappa shape index (κ2) is 55.5. The van der Waals surface area contributed by atoms with E-state index in [0.29, 0.717) is 17.4 Å². The van der Waals surface area contributed by atoms with E-state index in [4.69, 9.17) is 18.5 Å². The van der Waals surface area contributed by atoms with Gasteiger partial charge in [0.1, 0.15) is 19.8 Å². The van der Waals surface area contributed by atoms with Gasteiger partial charge in [0, 0.05) is 12.8 Å². The number of ether oxygens (including phenoxy) is 2. The molecule has 0 aliphatic heterocycles. The summed E-state index contributed by atoms with van der Waals surface area (Å²) >= 11 is 0. The Morgan fingerprint density at radius 1 is 0.411 bits per heavy atom. The van der Waals surface area contributed by atoms with Gasteiger partial charge in [-0.3, -0.25) is 18.6 Å². The molecular weight excluding hydrogens is 930 g/mol. The van der Waals surface area contributed by atoms with Crippen molar-refractivity contribution in [3.8, 4) is 0 Å². The van der Waals surface area contributed by atoms with Crippen LogP contribution >= 0.6 is 7.82 Å². The third-order valence-electron chi connectivity index (χ3n) is 14.5. The number of nitrogens with zero attached hydrogens (tertiary/aromatic N) is 1. The molecule has 0 fully saturated rings. The summed E-state index contributed by atoms with van der Waals surface area (Å²) in [6.07, 6.45) is 66.3. The molecule has 0 bridgehead atoms. The fourth-order valence-electron chi connectivity index (χ4n) is 9.60. The van der Waals surface area contributed by atoms with E-state index in [-0.39, 0.29) is 25.6 Å². The monoisotopic (exact) mass is 1050 g/mol. The number of carbonyl (C=O) groups is 2. The van der Waals surface area contributed by atoms with E-state index in [9.17, 15) is 19.0 Å². The van der Waals surface area contributed by atoms with Gasteiger partial charge in [0.25, 0.3) is 0 Å². The first-order chi connectivity index (χ1) is 35.5.